The molecular weight excluding hydrogens is 186 g/mol. The van der Waals surface area contributed by atoms with Crippen LogP contribution in [0.5, 0.6) is 0 Å². The number of hydrogen-bond donors (Lipinski definition) is 3. The summed E-state index contributed by atoms with van der Waals surface area (Å²) in [6.07, 6.45) is 0.356. The Balaban J connectivity index is 0. The molecule has 0 aliphatic heterocycles. The highest BCUT2D eigenvalue weighted by Gasteiger charge is 2.15. The molecule has 0 amide bonds. The van der Waals surface area contributed by atoms with E-state index in [0.717, 1.165) is 0 Å². The summed E-state index contributed by atoms with van der Waals surface area (Å²) in [7, 11) is -3.81. The molecule has 0 radical (unpaired) electrons. The highest BCUT2D eigenvalue weighted by Crippen LogP contribution is 2.16. The standard InChI is InChI=1S/C5H12O3S2.H3N/c1-5(2,9)3-4-10(6,7)8;/h9H,3-4H2,1-2H3,(H,6,7,8);1H3. The Morgan fingerprint density at radius 3 is 1.91 bits per heavy atom. The zero-order valence-electron chi connectivity index (χ0n) is 6.74. The van der Waals surface area contributed by atoms with Crippen molar-refractivity contribution in [2.75, 3.05) is 5.75 Å². The molecule has 0 heterocycles. The van der Waals surface area contributed by atoms with E-state index in [-0.39, 0.29) is 16.7 Å². The smallest absolute Gasteiger partial charge is 0.264 e. The minimum absolute atomic E-state index is 0. The van der Waals surface area contributed by atoms with Crippen LogP contribution >= 0.6 is 12.6 Å². The molecular formula is C5H15NO3S2. The van der Waals surface area contributed by atoms with Crippen LogP contribution in [0.25, 0.3) is 0 Å². The summed E-state index contributed by atoms with van der Waals surface area (Å²) in [4.78, 5) is 0. The predicted octanol–water partition coefficient (Wildman–Crippen LogP) is 1.13. The summed E-state index contributed by atoms with van der Waals surface area (Å²) < 4.78 is 28.4. The first-order valence-electron chi connectivity index (χ1n) is 2.88. The molecule has 0 aromatic rings. The molecule has 0 unspecified atom stereocenters. The van der Waals surface area contributed by atoms with Gasteiger partial charge in [-0.05, 0) is 6.42 Å². The van der Waals surface area contributed by atoms with Crippen molar-refractivity contribution in [2.45, 2.75) is 25.0 Å². The van der Waals surface area contributed by atoms with Gasteiger partial charge in [-0.1, -0.05) is 13.8 Å². The lowest BCUT2D eigenvalue weighted by atomic mass is 10.1. The van der Waals surface area contributed by atoms with Crippen molar-refractivity contribution < 1.29 is 13.0 Å². The third kappa shape index (κ3) is 13.2. The first-order valence-corrected chi connectivity index (χ1v) is 4.94. The molecule has 0 saturated heterocycles. The first-order chi connectivity index (χ1) is 4.21. The normalized spacial score (nSPS) is 12.4. The van der Waals surface area contributed by atoms with Gasteiger partial charge < -0.3 is 6.15 Å². The Morgan fingerprint density at radius 1 is 1.45 bits per heavy atom. The minimum Gasteiger partial charge on any atom is -0.344 e. The van der Waals surface area contributed by atoms with Gasteiger partial charge in [0.25, 0.3) is 10.1 Å². The Morgan fingerprint density at radius 2 is 1.82 bits per heavy atom. The van der Waals surface area contributed by atoms with E-state index in [9.17, 15) is 8.42 Å². The maximum Gasteiger partial charge on any atom is 0.264 e. The zero-order valence-corrected chi connectivity index (χ0v) is 8.45. The SMILES string of the molecule is CC(C)(S)CCS(=O)(=O)O.N. The summed E-state index contributed by atoms with van der Waals surface area (Å²) >= 11 is 4.09. The Bertz CT molecular complexity index is 192. The van der Waals surface area contributed by atoms with Gasteiger partial charge in [0.2, 0.25) is 0 Å². The monoisotopic (exact) mass is 201 g/mol. The number of thiol groups is 1. The van der Waals surface area contributed by atoms with Gasteiger partial charge in [0.1, 0.15) is 0 Å². The highest BCUT2D eigenvalue weighted by atomic mass is 32.2. The summed E-state index contributed by atoms with van der Waals surface area (Å²) in [6, 6.07) is 0. The van der Waals surface area contributed by atoms with Crippen molar-refractivity contribution in [1.82, 2.24) is 6.15 Å². The molecule has 0 spiro atoms. The van der Waals surface area contributed by atoms with Crippen LogP contribution in [0.4, 0.5) is 0 Å². The summed E-state index contributed by atoms with van der Waals surface area (Å²) in [5.74, 6) is -0.219. The quantitative estimate of drug-likeness (QED) is 0.472. The molecule has 6 heteroatoms. The van der Waals surface area contributed by atoms with Crippen molar-refractivity contribution >= 4 is 22.7 Å². The van der Waals surface area contributed by atoms with E-state index in [1.54, 1.807) is 13.8 Å². The highest BCUT2D eigenvalue weighted by molar-refractivity contribution is 7.86. The van der Waals surface area contributed by atoms with Crippen LogP contribution in [-0.2, 0) is 10.1 Å². The number of rotatable bonds is 3. The Hall–Kier alpha value is 0.220. The van der Waals surface area contributed by atoms with Crippen molar-refractivity contribution in [1.29, 1.82) is 0 Å². The van der Waals surface area contributed by atoms with Gasteiger partial charge in [-0.3, -0.25) is 4.55 Å². The van der Waals surface area contributed by atoms with Crippen molar-refractivity contribution in [3.05, 3.63) is 0 Å². The minimum atomic E-state index is -3.81. The van der Waals surface area contributed by atoms with Crippen LogP contribution in [0.2, 0.25) is 0 Å². The predicted molar refractivity (Wildman–Crippen MR) is 49.1 cm³/mol. The molecule has 4 nitrogen and oxygen atoms in total. The average Bonchev–Trinajstić information content (AvgIpc) is 1.57. The van der Waals surface area contributed by atoms with Gasteiger partial charge in [-0.2, -0.15) is 21.0 Å². The molecule has 0 aliphatic carbocycles. The van der Waals surface area contributed by atoms with Crippen LogP contribution in [0.3, 0.4) is 0 Å². The van der Waals surface area contributed by atoms with Crippen LogP contribution in [0.15, 0.2) is 0 Å². The van der Waals surface area contributed by atoms with Crippen LogP contribution in [-0.4, -0.2) is 23.5 Å². The molecule has 11 heavy (non-hydrogen) atoms. The topological polar surface area (TPSA) is 89.4 Å². The van der Waals surface area contributed by atoms with E-state index in [4.69, 9.17) is 4.55 Å². The maximum atomic E-state index is 10.2. The first kappa shape index (κ1) is 13.8. The lowest BCUT2D eigenvalue weighted by Gasteiger charge is -2.14. The fourth-order valence-corrected chi connectivity index (χ4v) is 1.41. The van der Waals surface area contributed by atoms with E-state index >= 15 is 0 Å². The van der Waals surface area contributed by atoms with Gasteiger partial charge in [0.15, 0.2) is 0 Å². The molecule has 0 aliphatic rings. The second kappa shape index (κ2) is 4.30. The van der Waals surface area contributed by atoms with Gasteiger partial charge in [0, 0.05) is 4.75 Å². The zero-order chi connectivity index (χ0) is 8.41. The third-order valence-corrected chi connectivity index (χ3v) is 1.92. The van der Waals surface area contributed by atoms with E-state index in [0.29, 0.717) is 6.42 Å². The molecule has 70 valence electrons. The fourth-order valence-electron chi connectivity index (χ4n) is 0.379. The Labute approximate surface area is 73.1 Å². The molecule has 0 fully saturated rings. The van der Waals surface area contributed by atoms with Gasteiger partial charge in [-0.25, -0.2) is 0 Å². The third-order valence-electron chi connectivity index (χ3n) is 0.972. The summed E-state index contributed by atoms with van der Waals surface area (Å²) in [6.45, 7) is 3.59. The fraction of sp³-hybridized carbons (Fsp3) is 1.00. The number of hydrogen-bond acceptors (Lipinski definition) is 4. The summed E-state index contributed by atoms with van der Waals surface area (Å²) in [5.41, 5.74) is 0. The van der Waals surface area contributed by atoms with Crippen molar-refractivity contribution in [3.63, 3.8) is 0 Å². The van der Waals surface area contributed by atoms with Gasteiger partial charge in [0.05, 0.1) is 5.75 Å². The lowest BCUT2D eigenvalue weighted by molar-refractivity contribution is 0.477. The Kier molecular flexibility index (Phi) is 5.38. The maximum absolute atomic E-state index is 10.2. The molecule has 0 aromatic heterocycles. The molecule has 0 saturated carbocycles. The second-order valence-electron chi connectivity index (χ2n) is 2.85. The molecule has 0 aromatic carbocycles. The van der Waals surface area contributed by atoms with E-state index < -0.39 is 10.1 Å². The van der Waals surface area contributed by atoms with E-state index in [2.05, 4.69) is 12.6 Å². The largest absolute Gasteiger partial charge is 0.344 e. The van der Waals surface area contributed by atoms with Crippen molar-refractivity contribution in [2.24, 2.45) is 0 Å². The molecule has 0 bridgehead atoms. The van der Waals surface area contributed by atoms with Crippen molar-refractivity contribution in [3.8, 4) is 0 Å². The van der Waals surface area contributed by atoms with Gasteiger partial charge in [-0.15, -0.1) is 0 Å². The van der Waals surface area contributed by atoms with Crippen LogP contribution in [0, 0.1) is 0 Å². The van der Waals surface area contributed by atoms with Gasteiger partial charge >= 0.3 is 0 Å². The average molecular weight is 201 g/mol. The summed E-state index contributed by atoms with van der Waals surface area (Å²) in [5, 5.41) is 0. The lowest BCUT2D eigenvalue weighted by Crippen LogP contribution is -2.17. The second-order valence-corrected chi connectivity index (χ2v) is 5.63. The van der Waals surface area contributed by atoms with E-state index in [1.807, 2.05) is 0 Å². The molecule has 0 atom stereocenters. The van der Waals surface area contributed by atoms with E-state index in [1.165, 1.54) is 0 Å². The molecule has 0 rings (SSSR count). The van der Waals surface area contributed by atoms with Crippen LogP contribution < -0.4 is 6.15 Å². The molecule has 4 N–H and O–H groups in total. The van der Waals surface area contributed by atoms with Crippen LogP contribution in [0.1, 0.15) is 20.3 Å².